The predicted octanol–water partition coefficient (Wildman–Crippen LogP) is 21.3. The van der Waals surface area contributed by atoms with E-state index in [0.29, 0.717) is 0 Å². The van der Waals surface area contributed by atoms with E-state index in [1.807, 2.05) is 0 Å². The Kier molecular flexibility index (Phi) is 9.54. The molecule has 0 amide bonds. The van der Waals surface area contributed by atoms with Crippen molar-refractivity contribution in [1.29, 1.82) is 0 Å². The van der Waals surface area contributed by atoms with Crippen LogP contribution in [0.1, 0.15) is 23.0 Å². The second kappa shape index (κ2) is 17.4. The van der Waals surface area contributed by atoms with E-state index < -0.39 is 0 Å². The van der Waals surface area contributed by atoms with Gasteiger partial charge in [0.05, 0.1) is 0 Å². The van der Waals surface area contributed by atoms with Crippen LogP contribution < -0.4 is 10.4 Å². The van der Waals surface area contributed by atoms with Gasteiger partial charge >= 0.3 is 0 Å². The summed E-state index contributed by atoms with van der Waals surface area (Å²) in [5, 5.41) is 21.7. The quantitative estimate of drug-likeness (QED) is 0.154. The van der Waals surface area contributed by atoms with Gasteiger partial charge in [0.15, 0.2) is 0 Å². The number of fused-ring (bicyclic) bond motifs is 13. The van der Waals surface area contributed by atoms with Gasteiger partial charge in [0, 0.05) is 11.8 Å². The Morgan fingerprint density at radius 2 is 0.583 bits per heavy atom. The maximum atomic E-state index is 2.67. The highest BCUT2D eigenvalue weighted by Crippen LogP contribution is 2.59. The molecule has 0 heterocycles. The molecule has 0 saturated heterocycles. The number of hydrogen-bond donors (Lipinski definition) is 0. The molecule has 0 nitrogen and oxygen atoms in total. The zero-order chi connectivity index (χ0) is 54.7. The Morgan fingerprint density at radius 3 is 1.17 bits per heavy atom. The molecule has 0 spiro atoms. The second-order valence-corrected chi connectivity index (χ2v) is 23.5. The Hall–Kier alpha value is -10.7. The van der Waals surface area contributed by atoms with Gasteiger partial charge in [0.1, 0.15) is 0 Å². The molecule has 0 radical (unpaired) electrons. The molecule has 20 rings (SSSR count). The van der Waals surface area contributed by atoms with Crippen LogP contribution >= 0.6 is 0 Å². The molecule has 4 aliphatic rings. The fourth-order valence-electron chi connectivity index (χ4n) is 16.2. The van der Waals surface area contributed by atoms with Crippen molar-refractivity contribution in [3.63, 3.8) is 0 Å². The molecule has 2 atom stereocenters. The van der Waals surface area contributed by atoms with Crippen LogP contribution in [0.5, 0.6) is 0 Å². The third-order valence-electron chi connectivity index (χ3n) is 19.4. The van der Waals surface area contributed by atoms with Crippen LogP contribution in [0.4, 0.5) is 0 Å². The van der Waals surface area contributed by atoms with Gasteiger partial charge in [-0.05, 0) is 198 Å². The van der Waals surface area contributed by atoms with Gasteiger partial charge < -0.3 is 0 Å². The molecule has 4 aliphatic carbocycles. The third kappa shape index (κ3) is 6.27. The fourth-order valence-corrected chi connectivity index (χ4v) is 16.2. The molecule has 0 N–H and O–H groups in total. The van der Waals surface area contributed by atoms with Crippen LogP contribution in [0, 0.1) is 0 Å². The third-order valence-corrected chi connectivity index (χ3v) is 19.4. The van der Waals surface area contributed by atoms with Gasteiger partial charge in [0.2, 0.25) is 0 Å². The summed E-state index contributed by atoms with van der Waals surface area (Å²) in [6, 6.07) is 104. The Morgan fingerprint density at radius 1 is 0.190 bits per heavy atom. The average molecular weight is 1060 g/mol. The summed E-state index contributed by atoms with van der Waals surface area (Å²) in [6.07, 6.45) is 5.33. The Labute approximate surface area is 486 Å². The van der Waals surface area contributed by atoms with Crippen molar-refractivity contribution in [3.8, 4) is 89.0 Å². The summed E-state index contributed by atoms with van der Waals surface area (Å²) in [7, 11) is 0. The molecular formula is C84H50. The predicted molar refractivity (Wildman–Crippen MR) is 357 cm³/mol. The number of rotatable bonds is 4. The summed E-state index contributed by atoms with van der Waals surface area (Å²) in [5.41, 5.74) is 24.2. The van der Waals surface area contributed by atoms with Crippen LogP contribution in [-0.2, 0) is 0 Å². The molecule has 0 bridgehead atoms. The summed E-state index contributed by atoms with van der Waals surface area (Å²) in [5.74, 6) is 0.510. The summed E-state index contributed by atoms with van der Waals surface area (Å²) in [4.78, 5) is 0. The molecule has 16 aromatic carbocycles. The van der Waals surface area contributed by atoms with Crippen LogP contribution in [0.25, 0.3) is 177 Å². The van der Waals surface area contributed by atoms with Crippen molar-refractivity contribution in [2.24, 2.45) is 0 Å². The lowest BCUT2D eigenvalue weighted by atomic mass is 9.77. The first kappa shape index (κ1) is 46.0. The molecule has 0 heteroatoms. The molecule has 0 aromatic heterocycles. The van der Waals surface area contributed by atoms with E-state index in [1.165, 1.54) is 186 Å². The minimum atomic E-state index is 0.253. The van der Waals surface area contributed by atoms with Crippen LogP contribution in [0.15, 0.2) is 279 Å². The van der Waals surface area contributed by atoms with Crippen molar-refractivity contribution >= 4 is 87.6 Å². The van der Waals surface area contributed by atoms with Crippen LogP contribution in [-0.4, -0.2) is 0 Å². The van der Waals surface area contributed by atoms with Gasteiger partial charge in [-0.2, -0.15) is 0 Å². The fraction of sp³-hybridized carbons (Fsp3) is 0.0238. The molecule has 386 valence electrons. The van der Waals surface area contributed by atoms with E-state index >= 15 is 0 Å². The summed E-state index contributed by atoms with van der Waals surface area (Å²) < 4.78 is 0. The van der Waals surface area contributed by atoms with Crippen LogP contribution in [0.2, 0.25) is 0 Å². The normalized spacial score (nSPS) is 14.6. The molecule has 0 aliphatic heterocycles. The Balaban J connectivity index is 0.000000139. The zero-order valence-corrected chi connectivity index (χ0v) is 45.9. The second-order valence-electron chi connectivity index (χ2n) is 23.5. The first-order chi connectivity index (χ1) is 41.7. The smallest absolute Gasteiger partial charge is 0.0138 e. The van der Waals surface area contributed by atoms with E-state index in [0.717, 1.165) is 0 Å². The van der Waals surface area contributed by atoms with E-state index in [9.17, 15) is 0 Å². The minimum Gasteiger partial charge on any atom is -0.0675 e. The summed E-state index contributed by atoms with van der Waals surface area (Å²) in [6.45, 7) is 0. The van der Waals surface area contributed by atoms with Crippen molar-refractivity contribution in [3.05, 3.63) is 301 Å². The number of hydrogen-bond acceptors (Lipinski definition) is 0. The minimum absolute atomic E-state index is 0.253. The van der Waals surface area contributed by atoms with Gasteiger partial charge in [-0.25, -0.2) is 0 Å². The average Bonchev–Trinajstić information content (AvgIpc) is 1.79. The highest BCUT2D eigenvalue weighted by atomic mass is 14.4. The maximum Gasteiger partial charge on any atom is 0.0138 e. The molecule has 84 heavy (non-hydrogen) atoms. The largest absolute Gasteiger partial charge is 0.0675 e. The standard InChI is InChI=1S/C52H30.C32H20/c1-3-11-29(12-4-1)46-43-28-40-39(37-24-23-32-22-21-31-16-9-17-34-26-41(40)50(37)48(32)45(31)34)27-42(43)47(30-13-5-2-6-14-30)52-44-25-33-15-7-8-18-35(33)36-19-10-20-38(49(36)44)51(46)52;1-3-11-22(12-4-1)29-24-17-7-8-18-25(24)30(23-13-5-2-6-14-23)32-27-20-10-16-21-15-9-19-26(28(21)27)31(29)32/h1-28,39-40H;1-20H. The van der Waals surface area contributed by atoms with Gasteiger partial charge in [-0.1, -0.05) is 279 Å². The van der Waals surface area contributed by atoms with Gasteiger partial charge in [0.25, 0.3) is 0 Å². The monoisotopic (exact) mass is 1060 g/mol. The SMILES string of the molecule is C1=c2c(-c3ccccc3)c3c(c(-c4ccccc4)c2=CC2c4ccc5ccc6cccc7cc(c4c5c67)C12)-c1cc2ccccc2c2cccc-3c12.c1ccc(-c2c3c(c(-c4ccccc4)c4ccccc24)-c2cccc4cccc-3c24)cc1. The van der Waals surface area contributed by atoms with Crippen LogP contribution in [0.3, 0.4) is 0 Å². The highest BCUT2D eigenvalue weighted by molar-refractivity contribution is 6.30. The highest BCUT2D eigenvalue weighted by Gasteiger charge is 2.38. The molecule has 2 unspecified atom stereocenters. The van der Waals surface area contributed by atoms with Crippen molar-refractivity contribution in [1.82, 2.24) is 0 Å². The Bertz CT molecular complexity index is 5520. The molecule has 0 saturated carbocycles. The molecule has 16 aromatic rings. The van der Waals surface area contributed by atoms with E-state index in [2.05, 4.69) is 291 Å². The van der Waals surface area contributed by atoms with E-state index in [-0.39, 0.29) is 11.8 Å². The van der Waals surface area contributed by atoms with E-state index in [1.54, 1.807) is 0 Å². The zero-order valence-electron chi connectivity index (χ0n) is 45.9. The first-order valence-corrected chi connectivity index (χ1v) is 29.7. The van der Waals surface area contributed by atoms with Crippen molar-refractivity contribution in [2.45, 2.75) is 11.8 Å². The topological polar surface area (TPSA) is 0 Å². The van der Waals surface area contributed by atoms with Crippen molar-refractivity contribution < 1.29 is 0 Å². The maximum absolute atomic E-state index is 2.67. The first-order valence-electron chi connectivity index (χ1n) is 29.7. The lowest BCUT2D eigenvalue weighted by Gasteiger charge is -2.25. The molecule has 0 fully saturated rings. The van der Waals surface area contributed by atoms with E-state index in [4.69, 9.17) is 0 Å². The summed E-state index contributed by atoms with van der Waals surface area (Å²) >= 11 is 0. The van der Waals surface area contributed by atoms with Crippen molar-refractivity contribution in [2.75, 3.05) is 0 Å². The lowest BCUT2D eigenvalue weighted by molar-refractivity contribution is 0.835. The van der Waals surface area contributed by atoms with Gasteiger partial charge in [-0.15, -0.1) is 0 Å². The lowest BCUT2D eigenvalue weighted by Crippen LogP contribution is -2.35. The van der Waals surface area contributed by atoms with Gasteiger partial charge in [-0.3, -0.25) is 0 Å². The molecular weight excluding hydrogens is 1010 g/mol. The number of benzene rings is 16.